The Morgan fingerprint density at radius 2 is 1.75 bits per heavy atom. The number of carbonyl (C=O) groups excluding carboxylic acids is 1. The van der Waals surface area contributed by atoms with Gasteiger partial charge in [-0.05, 0) is 49.2 Å². The molecule has 0 aliphatic heterocycles. The highest BCUT2D eigenvalue weighted by molar-refractivity contribution is 6.34. The standard InChI is InChI=1S/C16H13Cl2FO/c1-9-6-12(14(18)7-10(9)2)16(20)8-11-13(17)4-3-5-15(11)19/h3-7H,8H2,1-2H3. The molecule has 0 aromatic heterocycles. The normalized spacial score (nSPS) is 10.7. The first-order valence-corrected chi connectivity index (χ1v) is 6.88. The first kappa shape index (κ1) is 15.0. The number of benzene rings is 2. The zero-order chi connectivity index (χ0) is 14.9. The molecule has 0 aliphatic rings. The van der Waals surface area contributed by atoms with E-state index in [0.29, 0.717) is 10.6 Å². The molecule has 0 bridgehead atoms. The lowest BCUT2D eigenvalue weighted by atomic mass is 9.99. The van der Waals surface area contributed by atoms with Gasteiger partial charge in [0.25, 0.3) is 0 Å². The van der Waals surface area contributed by atoms with Crippen LogP contribution in [0.3, 0.4) is 0 Å². The molecule has 0 N–H and O–H groups in total. The van der Waals surface area contributed by atoms with Crippen molar-refractivity contribution in [1.82, 2.24) is 0 Å². The second kappa shape index (κ2) is 5.94. The van der Waals surface area contributed by atoms with Crippen molar-refractivity contribution in [3.8, 4) is 0 Å². The third-order valence-electron chi connectivity index (χ3n) is 3.28. The Balaban J connectivity index is 2.36. The van der Waals surface area contributed by atoms with Crippen molar-refractivity contribution in [2.75, 3.05) is 0 Å². The van der Waals surface area contributed by atoms with Crippen LogP contribution in [0.15, 0.2) is 30.3 Å². The van der Waals surface area contributed by atoms with E-state index >= 15 is 0 Å². The van der Waals surface area contributed by atoms with Crippen LogP contribution in [0.25, 0.3) is 0 Å². The summed E-state index contributed by atoms with van der Waals surface area (Å²) in [5.41, 5.74) is 2.58. The van der Waals surface area contributed by atoms with Crippen LogP contribution in [0, 0.1) is 19.7 Å². The molecule has 0 heterocycles. The highest BCUT2D eigenvalue weighted by atomic mass is 35.5. The maximum absolute atomic E-state index is 13.7. The Morgan fingerprint density at radius 1 is 1.10 bits per heavy atom. The predicted molar refractivity (Wildman–Crippen MR) is 80.4 cm³/mol. The van der Waals surface area contributed by atoms with Gasteiger partial charge in [0.05, 0.1) is 5.02 Å². The Kier molecular flexibility index (Phi) is 4.46. The van der Waals surface area contributed by atoms with Gasteiger partial charge in [0.2, 0.25) is 0 Å². The van der Waals surface area contributed by atoms with E-state index in [1.54, 1.807) is 18.2 Å². The molecule has 2 aromatic rings. The van der Waals surface area contributed by atoms with Crippen molar-refractivity contribution < 1.29 is 9.18 Å². The molecule has 0 amide bonds. The zero-order valence-electron chi connectivity index (χ0n) is 11.1. The third-order valence-corrected chi connectivity index (χ3v) is 3.95. The van der Waals surface area contributed by atoms with E-state index in [4.69, 9.17) is 23.2 Å². The summed E-state index contributed by atoms with van der Waals surface area (Å²) in [6.07, 6.45) is -0.103. The van der Waals surface area contributed by atoms with Crippen molar-refractivity contribution in [2.45, 2.75) is 20.3 Å². The highest BCUT2D eigenvalue weighted by Gasteiger charge is 2.16. The number of rotatable bonds is 3. The molecule has 1 nitrogen and oxygen atoms in total. The van der Waals surface area contributed by atoms with E-state index in [1.807, 2.05) is 13.8 Å². The Labute approximate surface area is 127 Å². The molecule has 0 radical (unpaired) electrons. The molecule has 0 atom stereocenters. The second-order valence-electron chi connectivity index (χ2n) is 4.72. The number of Topliss-reactive ketones (excluding diaryl/α,β-unsaturated/α-hetero) is 1. The van der Waals surface area contributed by atoms with Gasteiger partial charge in [-0.25, -0.2) is 4.39 Å². The van der Waals surface area contributed by atoms with Crippen LogP contribution < -0.4 is 0 Å². The average Bonchev–Trinajstić information content (AvgIpc) is 2.38. The van der Waals surface area contributed by atoms with E-state index in [-0.39, 0.29) is 22.8 Å². The van der Waals surface area contributed by atoms with Gasteiger partial charge in [-0.2, -0.15) is 0 Å². The Morgan fingerprint density at radius 3 is 2.40 bits per heavy atom. The summed E-state index contributed by atoms with van der Waals surface area (Å²) in [5, 5.41) is 0.629. The summed E-state index contributed by atoms with van der Waals surface area (Å²) < 4.78 is 13.7. The molecule has 4 heteroatoms. The number of carbonyl (C=O) groups is 1. The highest BCUT2D eigenvalue weighted by Crippen LogP contribution is 2.25. The Hall–Kier alpha value is -1.38. The van der Waals surface area contributed by atoms with Gasteiger partial charge in [-0.3, -0.25) is 4.79 Å². The van der Waals surface area contributed by atoms with Crippen molar-refractivity contribution in [3.05, 3.63) is 68.4 Å². The SMILES string of the molecule is Cc1cc(Cl)c(C(=O)Cc2c(F)cccc2Cl)cc1C. The average molecular weight is 311 g/mol. The zero-order valence-corrected chi connectivity index (χ0v) is 12.6. The summed E-state index contributed by atoms with van der Waals surface area (Å²) in [6.45, 7) is 3.82. The lowest BCUT2D eigenvalue weighted by Gasteiger charge is -2.09. The second-order valence-corrected chi connectivity index (χ2v) is 5.53. The van der Waals surface area contributed by atoms with Crippen LogP contribution in [-0.4, -0.2) is 5.78 Å². The number of ketones is 1. The van der Waals surface area contributed by atoms with Crippen molar-refractivity contribution >= 4 is 29.0 Å². The summed E-state index contributed by atoms with van der Waals surface area (Å²) in [7, 11) is 0. The molecule has 20 heavy (non-hydrogen) atoms. The van der Waals surface area contributed by atoms with Crippen LogP contribution in [0.1, 0.15) is 27.0 Å². The summed E-state index contributed by atoms with van der Waals surface area (Å²) in [5.74, 6) is -0.726. The topological polar surface area (TPSA) is 17.1 Å². The number of aryl methyl sites for hydroxylation is 2. The maximum atomic E-state index is 13.7. The maximum Gasteiger partial charge on any atom is 0.168 e. The lowest BCUT2D eigenvalue weighted by molar-refractivity contribution is 0.0992. The number of hydrogen-bond donors (Lipinski definition) is 0. The first-order valence-electron chi connectivity index (χ1n) is 6.13. The molecule has 0 saturated heterocycles. The van der Waals surface area contributed by atoms with Crippen molar-refractivity contribution in [3.63, 3.8) is 0 Å². The number of hydrogen-bond acceptors (Lipinski definition) is 1. The molecule has 104 valence electrons. The predicted octanol–water partition coefficient (Wildman–Crippen LogP) is 5.17. The molecule has 0 spiro atoms. The molecule has 2 rings (SSSR count). The summed E-state index contributed by atoms with van der Waals surface area (Å²) in [4.78, 5) is 12.3. The van der Waals surface area contributed by atoms with E-state index < -0.39 is 5.82 Å². The number of halogens is 3. The summed E-state index contributed by atoms with van der Waals surface area (Å²) in [6, 6.07) is 7.84. The van der Waals surface area contributed by atoms with Gasteiger partial charge in [0.1, 0.15) is 5.82 Å². The molecule has 0 fully saturated rings. The molecular formula is C16H13Cl2FO. The van der Waals surface area contributed by atoms with Crippen molar-refractivity contribution in [2.24, 2.45) is 0 Å². The smallest absolute Gasteiger partial charge is 0.168 e. The minimum Gasteiger partial charge on any atom is -0.294 e. The fraction of sp³-hybridized carbons (Fsp3) is 0.188. The molecule has 2 aromatic carbocycles. The van der Waals surface area contributed by atoms with E-state index in [2.05, 4.69) is 0 Å². The van der Waals surface area contributed by atoms with Crippen LogP contribution >= 0.6 is 23.2 Å². The fourth-order valence-electron chi connectivity index (χ4n) is 1.95. The van der Waals surface area contributed by atoms with Gasteiger partial charge >= 0.3 is 0 Å². The van der Waals surface area contributed by atoms with E-state index in [0.717, 1.165) is 11.1 Å². The molecule has 0 saturated carbocycles. The van der Waals surface area contributed by atoms with E-state index in [9.17, 15) is 9.18 Å². The van der Waals surface area contributed by atoms with Gasteiger partial charge in [-0.1, -0.05) is 29.3 Å². The molecular weight excluding hydrogens is 298 g/mol. The van der Waals surface area contributed by atoms with Gasteiger partial charge in [0, 0.05) is 22.6 Å². The van der Waals surface area contributed by atoms with Crippen LogP contribution in [0.2, 0.25) is 10.0 Å². The first-order chi connectivity index (χ1) is 9.40. The largest absolute Gasteiger partial charge is 0.294 e. The third kappa shape index (κ3) is 3.02. The van der Waals surface area contributed by atoms with Gasteiger partial charge < -0.3 is 0 Å². The van der Waals surface area contributed by atoms with Crippen LogP contribution in [-0.2, 0) is 6.42 Å². The summed E-state index contributed by atoms with van der Waals surface area (Å²) >= 11 is 12.0. The lowest BCUT2D eigenvalue weighted by Crippen LogP contribution is -2.07. The van der Waals surface area contributed by atoms with Crippen LogP contribution in [0.5, 0.6) is 0 Å². The van der Waals surface area contributed by atoms with Crippen LogP contribution in [0.4, 0.5) is 4.39 Å². The van der Waals surface area contributed by atoms with Crippen molar-refractivity contribution in [1.29, 1.82) is 0 Å². The molecule has 0 unspecified atom stereocenters. The van der Waals surface area contributed by atoms with Gasteiger partial charge in [-0.15, -0.1) is 0 Å². The minimum absolute atomic E-state index is 0.103. The van der Waals surface area contributed by atoms with E-state index in [1.165, 1.54) is 12.1 Å². The Bertz CT molecular complexity index is 660. The van der Waals surface area contributed by atoms with Gasteiger partial charge in [0.15, 0.2) is 5.78 Å². The fourth-order valence-corrected chi connectivity index (χ4v) is 2.51. The quantitative estimate of drug-likeness (QED) is 0.714. The minimum atomic E-state index is -0.481. The monoisotopic (exact) mass is 310 g/mol. The molecule has 0 aliphatic carbocycles.